The Labute approximate surface area is 141 Å². The molecule has 23 heavy (non-hydrogen) atoms. The van der Waals surface area contributed by atoms with E-state index in [0.29, 0.717) is 17.3 Å². The van der Waals surface area contributed by atoms with E-state index < -0.39 is 0 Å². The molecule has 122 valence electrons. The lowest BCUT2D eigenvalue weighted by Gasteiger charge is -2.10. The number of ether oxygens (including phenoxy) is 2. The molecule has 0 saturated heterocycles. The molecule has 0 saturated carbocycles. The molecule has 0 bridgehead atoms. The van der Waals surface area contributed by atoms with Crippen molar-refractivity contribution in [1.29, 1.82) is 0 Å². The van der Waals surface area contributed by atoms with Gasteiger partial charge in [0.2, 0.25) is 5.91 Å². The van der Waals surface area contributed by atoms with Crippen molar-refractivity contribution in [2.75, 3.05) is 20.8 Å². The highest BCUT2D eigenvalue weighted by Crippen LogP contribution is 2.25. The van der Waals surface area contributed by atoms with Gasteiger partial charge in [0, 0.05) is 6.54 Å². The summed E-state index contributed by atoms with van der Waals surface area (Å²) in [6.45, 7) is 0.559. The fourth-order valence-electron chi connectivity index (χ4n) is 2.31. The molecular formula is C18H20ClNO3. The molecule has 0 aliphatic carbocycles. The van der Waals surface area contributed by atoms with Crippen LogP contribution in [0.3, 0.4) is 0 Å². The van der Waals surface area contributed by atoms with Gasteiger partial charge in [0.05, 0.1) is 25.7 Å². The molecule has 2 rings (SSSR count). The van der Waals surface area contributed by atoms with Crippen LogP contribution in [0.4, 0.5) is 0 Å². The van der Waals surface area contributed by atoms with E-state index in [0.717, 1.165) is 23.3 Å². The van der Waals surface area contributed by atoms with E-state index in [9.17, 15) is 4.79 Å². The minimum Gasteiger partial charge on any atom is -0.496 e. The zero-order chi connectivity index (χ0) is 16.7. The fourth-order valence-corrected chi connectivity index (χ4v) is 2.59. The van der Waals surface area contributed by atoms with Crippen LogP contribution < -0.4 is 14.8 Å². The quantitative estimate of drug-likeness (QED) is 0.846. The van der Waals surface area contributed by atoms with Crippen LogP contribution in [0, 0.1) is 0 Å². The predicted octanol–water partition coefficient (Wildman–Crippen LogP) is 3.26. The predicted molar refractivity (Wildman–Crippen MR) is 91.4 cm³/mol. The van der Waals surface area contributed by atoms with Gasteiger partial charge in [-0.15, -0.1) is 0 Å². The first kappa shape index (κ1) is 17.2. The lowest BCUT2D eigenvalue weighted by molar-refractivity contribution is -0.120. The van der Waals surface area contributed by atoms with E-state index in [1.807, 2.05) is 30.3 Å². The molecule has 2 aromatic carbocycles. The Morgan fingerprint density at radius 3 is 2.52 bits per heavy atom. The van der Waals surface area contributed by atoms with Crippen molar-refractivity contribution in [2.45, 2.75) is 12.8 Å². The Morgan fingerprint density at radius 1 is 1.09 bits per heavy atom. The minimum atomic E-state index is -0.0406. The van der Waals surface area contributed by atoms with Crippen LogP contribution in [0.15, 0.2) is 42.5 Å². The summed E-state index contributed by atoms with van der Waals surface area (Å²) in [6.07, 6.45) is 1.01. The summed E-state index contributed by atoms with van der Waals surface area (Å²) in [6, 6.07) is 13.1. The highest BCUT2D eigenvalue weighted by Gasteiger charge is 2.07. The molecule has 4 nitrogen and oxygen atoms in total. The van der Waals surface area contributed by atoms with E-state index >= 15 is 0 Å². The van der Waals surface area contributed by atoms with Crippen molar-refractivity contribution in [3.63, 3.8) is 0 Å². The fraction of sp³-hybridized carbons (Fsp3) is 0.278. The molecule has 1 N–H and O–H groups in total. The third-order valence-electron chi connectivity index (χ3n) is 3.49. The summed E-state index contributed by atoms with van der Waals surface area (Å²) in [4.78, 5) is 12.0. The van der Waals surface area contributed by atoms with Crippen LogP contribution >= 0.6 is 11.6 Å². The Bertz CT molecular complexity index is 673. The number of rotatable bonds is 7. The third-order valence-corrected chi connectivity index (χ3v) is 3.79. The van der Waals surface area contributed by atoms with Crippen molar-refractivity contribution in [3.8, 4) is 11.5 Å². The SMILES string of the molecule is COc1ccc(CC(=O)NCCc2ccccc2OC)cc1Cl. The standard InChI is InChI=1S/C18H20ClNO3/c1-22-16-6-4-3-5-14(16)9-10-20-18(21)12-13-7-8-17(23-2)15(19)11-13/h3-8,11H,9-10,12H2,1-2H3,(H,20,21). The Morgan fingerprint density at radius 2 is 1.83 bits per heavy atom. The molecule has 0 atom stereocenters. The zero-order valence-electron chi connectivity index (χ0n) is 13.3. The Hall–Kier alpha value is -2.20. The van der Waals surface area contributed by atoms with Gasteiger partial charge in [-0.3, -0.25) is 4.79 Å². The molecule has 0 aliphatic rings. The van der Waals surface area contributed by atoms with Crippen molar-refractivity contribution < 1.29 is 14.3 Å². The summed E-state index contributed by atoms with van der Waals surface area (Å²) in [5.41, 5.74) is 1.92. The maximum Gasteiger partial charge on any atom is 0.224 e. The van der Waals surface area contributed by atoms with E-state index in [4.69, 9.17) is 21.1 Å². The maximum atomic E-state index is 12.0. The van der Waals surface area contributed by atoms with Gasteiger partial charge < -0.3 is 14.8 Å². The number of hydrogen-bond donors (Lipinski definition) is 1. The summed E-state index contributed by atoms with van der Waals surface area (Å²) >= 11 is 6.06. The smallest absolute Gasteiger partial charge is 0.224 e. The van der Waals surface area contributed by atoms with E-state index in [1.54, 1.807) is 26.4 Å². The van der Waals surface area contributed by atoms with Gasteiger partial charge in [0.25, 0.3) is 0 Å². The first-order chi connectivity index (χ1) is 11.1. The molecule has 0 aliphatic heterocycles. The van der Waals surface area contributed by atoms with Gasteiger partial charge in [0.1, 0.15) is 11.5 Å². The number of para-hydroxylation sites is 1. The number of halogens is 1. The van der Waals surface area contributed by atoms with Crippen molar-refractivity contribution in [1.82, 2.24) is 5.32 Å². The molecule has 2 aromatic rings. The molecule has 0 fully saturated rings. The van der Waals surface area contributed by atoms with Gasteiger partial charge >= 0.3 is 0 Å². The van der Waals surface area contributed by atoms with Crippen LogP contribution in [0.1, 0.15) is 11.1 Å². The van der Waals surface area contributed by atoms with Gasteiger partial charge in [-0.1, -0.05) is 35.9 Å². The molecular weight excluding hydrogens is 314 g/mol. The molecule has 0 heterocycles. The average Bonchev–Trinajstić information content (AvgIpc) is 2.55. The average molecular weight is 334 g/mol. The molecule has 0 aromatic heterocycles. The summed E-state index contributed by atoms with van der Waals surface area (Å²) in [5.74, 6) is 1.40. The maximum absolute atomic E-state index is 12.0. The van der Waals surface area contributed by atoms with Crippen molar-refractivity contribution in [3.05, 3.63) is 58.6 Å². The van der Waals surface area contributed by atoms with Gasteiger partial charge in [0.15, 0.2) is 0 Å². The lowest BCUT2D eigenvalue weighted by atomic mass is 10.1. The summed E-state index contributed by atoms with van der Waals surface area (Å²) in [7, 11) is 3.20. The van der Waals surface area contributed by atoms with E-state index in [-0.39, 0.29) is 12.3 Å². The number of carbonyl (C=O) groups excluding carboxylic acids is 1. The van der Waals surface area contributed by atoms with Crippen LogP contribution in [-0.2, 0) is 17.6 Å². The third kappa shape index (κ3) is 4.89. The number of methoxy groups -OCH3 is 2. The minimum absolute atomic E-state index is 0.0406. The normalized spacial score (nSPS) is 10.2. The summed E-state index contributed by atoms with van der Waals surface area (Å²) in [5, 5.41) is 3.42. The Kier molecular flexibility index (Phi) is 6.29. The second kappa shape index (κ2) is 8.44. The monoisotopic (exact) mass is 333 g/mol. The first-order valence-corrected chi connectivity index (χ1v) is 7.73. The van der Waals surface area contributed by atoms with Gasteiger partial charge in [-0.05, 0) is 35.7 Å². The molecule has 0 radical (unpaired) electrons. The topological polar surface area (TPSA) is 47.6 Å². The van der Waals surface area contributed by atoms with E-state index in [1.165, 1.54) is 0 Å². The van der Waals surface area contributed by atoms with Crippen LogP contribution in [0.2, 0.25) is 5.02 Å². The first-order valence-electron chi connectivity index (χ1n) is 7.35. The number of amides is 1. The van der Waals surface area contributed by atoms with Crippen LogP contribution in [0.5, 0.6) is 11.5 Å². The number of hydrogen-bond acceptors (Lipinski definition) is 3. The van der Waals surface area contributed by atoms with Gasteiger partial charge in [-0.2, -0.15) is 0 Å². The highest BCUT2D eigenvalue weighted by atomic mass is 35.5. The van der Waals surface area contributed by atoms with E-state index in [2.05, 4.69) is 5.32 Å². The van der Waals surface area contributed by atoms with Crippen LogP contribution in [-0.4, -0.2) is 26.7 Å². The summed E-state index contributed by atoms with van der Waals surface area (Å²) < 4.78 is 10.4. The van der Waals surface area contributed by atoms with Crippen LogP contribution in [0.25, 0.3) is 0 Å². The lowest BCUT2D eigenvalue weighted by Crippen LogP contribution is -2.27. The second-order valence-electron chi connectivity index (χ2n) is 5.06. The molecule has 1 amide bonds. The molecule has 0 unspecified atom stereocenters. The van der Waals surface area contributed by atoms with Crippen molar-refractivity contribution >= 4 is 17.5 Å². The zero-order valence-corrected chi connectivity index (χ0v) is 14.0. The molecule has 0 spiro atoms. The van der Waals surface area contributed by atoms with Crippen molar-refractivity contribution in [2.24, 2.45) is 0 Å². The number of carbonyl (C=O) groups is 1. The highest BCUT2D eigenvalue weighted by molar-refractivity contribution is 6.32. The van der Waals surface area contributed by atoms with Gasteiger partial charge in [-0.25, -0.2) is 0 Å². The number of nitrogens with one attached hydrogen (secondary N) is 1. The largest absolute Gasteiger partial charge is 0.496 e. The number of benzene rings is 2. The second-order valence-corrected chi connectivity index (χ2v) is 5.46. The Balaban J connectivity index is 1.84. The molecule has 5 heteroatoms.